The molecule has 3 nitrogen and oxygen atoms in total. The SMILES string of the molecule is COc1ccccc1B1O[C@@H]2C[C@@H]3C[C@@H](C3(C)C)[C@]2(C)O1. The van der Waals surface area contributed by atoms with E-state index < -0.39 is 0 Å². The molecule has 2 bridgehead atoms. The first-order chi connectivity index (χ1) is 9.96. The number of hydrogen-bond acceptors (Lipinski definition) is 3. The molecule has 1 aromatic rings. The van der Waals surface area contributed by atoms with Crippen molar-refractivity contribution in [3.63, 3.8) is 0 Å². The van der Waals surface area contributed by atoms with Crippen LogP contribution in [0.4, 0.5) is 0 Å². The van der Waals surface area contributed by atoms with Gasteiger partial charge in [0.15, 0.2) is 0 Å². The Morgan fingerprint density at radius 3 is 2.67 bits per heavy atom. The summed E-state index contributed by atoms with van der Waals surface area (Å²) in [7, 11) is 1.40. The lowest BCUT2D eigenvalue weighted by molar-refractivity contribution is -0.199. The van der Waals surface area contributed by atoms with Gasteiger partial charge in [-0.05, 0) is 43.1 Å². The zero-order valence-corrected chi connectivity index (χ0v) is 13.3. The van der Waals surface area contributed by atoms with E-state index in [-0.39, 0.29) is 18.8 Å². The minimum Gasteiger partial charge on any atom is -0.497 e. The summed E-state index contributed by atoms with van der Waals surface area (Å²) in [6, 6.07) is 8.00. The number of para-hydroxylation sites is 1. The normalized spacial score (nSPS) is 39.6. The minimum atomic E-state index is -0.300. The molecular formula is C17H23BO3. The molecule has 3 saturated carbocycles. The van der Waals surface area contributed by atoms with Gasteiger partial charge >= 0.3 is 7.12 Å². The average Bonchev–Trinajstić information content (AvgIpc) is 2.83. The monoisotopic (exact) mass is 286 g/mol. The van der Waals surface area contributed by atoms with Crippen LogP contribution in [0.5, 0.6) is 5.75 Å². The van der Waals surface area contributed by atoms with Crippen LogP contribution >= 0.6 is 0 Å². The van der Waals surface area contributed by atoms with Crippen molar-refractivity contribution in [2.24, 2.45) is 17.3 Å². The molecule has 1 aliphatic heterocycles. The molecule has 0 aromatic heterocycles. The van der Waals surface area contributed by atoms with E-state index in [4.69, 9.17) is 14.0 Å². The molecule has 5 rings (SSSR count). The van der Waals surface area contributed by atoms with Crippen molar-refractivity contribution in [2.75, 3.05) is 7.11 Å². The van der Waals surface area contributed by atoms with Gasteiger partial charge in [0.05, 0.1) is 18.8 Å². The second-order valence-corrected chi connectivity index (χ2v) is 7.54. The second kappa shape index (κ2) is 4.27. The number of hydrogen-bond donors (Lipinski definition) is 0. The third kappa shape index (κ3) is 1.69. The van der Waals surface area contributed by atoms with Gasteiger partial charge in [-0.15, -0.1) is 0 Å². The first-order valence-corrected chi connectivity index (χ1v) is 7.93. The van der Waals surface area contributed by atoms with Crippen molar-refractivity contribution >= 4 is 12.6 Å². The molecule has 4 atom stereocenters. The Balaban J connectivity index is 1.65. The van der Waals surface area contributed by atoms with Crippen LogP contribution in [0, 0.1) is 17.3 Å². The van der Waals surface area contributed by atoms with Gasteiger partial charge in [0, 0.05) is 5.46 Å². The van der Waals surface area contributed by atoms with Crippen molar-refractivity contribution in [1.82, 2.24) is 0 Å². The standard InChI is InChI=1S/C17H23BO3/c1-16(2)11-9-14(16)17(3)15(10-11)20-18(21-17)12-7-5-6-8-13(12)19-4/h5-8,11,14-15H,9-10H2,1-4H3/t11-,14-,15+,17-/m0/s1. The van der Waals surface area contributed by atoms with E-state index in [1.54, 1.807) is 7.11 Å². The summed E-state index contributed by atoms with van der Waals surface area (Å²) in [5, 5.41) is 0. The molecule has 0 radical (unpaired) electrons. The Morgan fingerprint density at radius 2 is 1.95 bits per heavy atom. The zero-order valence-electron chi connectivity index (χ0n) is 13.3. The molecule has 3 aliphatic carbocycles. The van der Waals surface area contributed by atoms with Crippen LogP contribution in [0.2, 0.25) is 0 Å². The fraction of sp³-hybridized carbons (Fsp3) is 0.647. The molecule has 0 amide bonds. The van der Waals surface area contributed by atoms with Crippen molar-refractivity contribution in [1.29, 1.82) is 0 Å². The molecule has 1 saturated heterocycles. The van der Waals surface area contributed by atoms with E-state index in [1.807, 2.05) is 24.3 Å². The molecule has 1 heterocycles. The van der Waals surface area contributed by atoms with Gasteiger partial charge in [0.2, 0.25) is 0 Å². The average molecular weight is 286 g/mol. The lowest BCUT2D eigenvalue weighted by Crippen LogP contribution is -2.65. The zero-order chi connectivity index (χ0) is 14.8. The molecule has 4 heteroatoms. The number of ether oxygens (including phenoxy) is 1. The van der Waals surface area contributed by atoms with Crippen LogP contribution in [0.3, 0.4) is 0 Å². The molecule has 0 unspecified atom stereocenters. The maximum absolute atomic E-state index is 6.46. The maximum atomic E-state index is 6.46. The molecule has 4 aliphatic rings. The molecule has 0 N–H and O–H groups in total. The topological polar surface area (TPSA) is 27.7 Å². The predicted octanol–water partition coefficient (Wildman–Crippen LogP) is 2.63. The Hall–Kier alpha value is -0.995. The third-order valence-electron chi connectivity index (χ3n) is 6.34. The van der Waals surface area contributed by atoms with Gasteiger partial charge in [-0.25, -0.2) is 0 Å². The van der Waals surface area contributed by atoms with Crippen LogP contribution in [-0.2, 0) is 9.31 Å². The van der Waals surface area contributed by atoms with Crippen molar-refractivity contribution in [2.45, 2.75) is 45.3 Å². The quantitative estimate of drug-likeness (QED) is 0.782. The summed E-state index contributed by atoms with van der Waals surface area (Å²) in [6.45, 7) is 7.01. The minimum absolute atomic E-state index is 0.163. The van der Waals surface area contributed by atoms with E-state index in [1.165, 1.54) is 6.42 Å². The summed E-state index contributed by atoms with van der Waals surface area (Å²) in [4.78, 5) is 0. The summed E-state index contributed by atoms with van der Waals surface area (Å²) < 4.78 is 18.2. The Kier molecular flexibility index (Phi) is 2.77. The van der Waals surface area contributed by atoms with Gasteiger partial charge in [0.25, 0.3) is 0 Å². The third-order valence-corrected chi connectivity index (χ3v) is 6.34. The molecular weight excluding hydrogens is 263 g/mol. The molecule has 0 spiro atoms. The summed E-state index contributed by atoms with van der Waals surface area (Å²) >= 11 is 0. The highest BCUT2D eigenvalue weighted by Gasteiger charge is 2.68. The molecule has 1 aromatic carbocycles. The highest BCUT2D eigenvalue weighted by Crippen LogP contribution is 2.65. The van der Waals surface area contributed by atoms with E-state index >= 15 is 0 Å². The van der Waals surface area contributed by atoms with E-state index in [0.717, 1.165) is 23.6 Å². The predicted molar refractivity (Wildman–Crippen MR) is 82.7 cm³/mol. The highest BCUT2D eigenvalue weighted by atomic mass is 16.7. The number of methoxy groups -OCH3 is 1. The summed E-state index contributed by atoms with van der Waals surface area (Å²) in [6.07, 6.45) is 2.61. The first kappa shape index (κ1) is 13.7. The van der Waals surface area contributed by atoms with Gasteiger partial charge in [-0.1, -0.05) is 32.0 Å². The fourth-order valence-electron chi connectivity index (χ4n) is 4.86. The number of rotatable bonds is 2. The van der Waals surface area contributed by atoms with Crippen LogP contribution in [-0.4, -0.2) is 25.9 Å². The van der Waals surface area contributed by atoms with Crippen molar-refractivity contribution in [3.8, 4) is 5.75 Å². The first-order valence-electron chi connectivity index (χ1n) is 7.93. The molecule has 112 valence electrons. The largest absolute Gasteiger partial charge is 0.498 e. The summed E-state index contributed by atoms with van der Waals surface area (Å²) in [5.41, 5.74) is 1.22. The molecule has 4 fully saturated rings. The van der Waals surface area contributed by atoms with Crippen LogP contribution in [0.15, 0.2) is 24.3 Å². The van der Waals surface area contributed by atoms with Crippen LogP contribution in [0.1, 0.15) is 33.6 Å². The van der Waals surface area contributed by atoms with Crippen molar-refractivity contribution in [3.05, 3.63) is 24.3 Å². The maximum Gasteiger partial charge on any atom is 0.498 e. The van der Waals surface area contributed by atoms with Crippen LogP contribution in [0.25, 0.3) is 0 Å². The van der Waals surface area contributed by atoms with E-state index in [2.05, 4.69) is 20.8 Å². The van der Waals surface area contributed by atoms with Gasteiger partial charge in [-0.2, -0.15) is 0 Å². The number of benzene rings is 1. The lowest BCUT2D eigenvalue weighted by Gasteiger charge is -2.64. The Labute approximate surface area is 127 Å². The smallest absolute Gasteiger partial charge is 0.497 e. The second-order valence-electron chi connectivity index (χ2n) is 7.54. The van der Waals surface area contributed by atoms with E-state index in [0.29, 0.717) is 11.3 Å². The van der Waals surface area contributed by atoms with Crippen LogP contribution < -0.4 is 10.2 Å². The van der Waals surface area contributed by atoms with Gasteiger partial charge in [0.1, 0.15) is 5.75 Å². The van der Waals surface area contributed by atoms with Crippen molar-refractivity contribution < 1.29 is 14.0 Å². The van der Waals surface area contributed by atoms with Gasteiger partial charge in [-0.3, -0.25) is 0 Å². The summed E-state index contributed by atoms with van der Waals surface area (Å²) in [5.74, 6) is 2.21. The Bertz CT molecular complexity index is 573. The Morgan fingerprint density at radius 1 is 1.19 bits per heavy atom. The van der Waals surface area contributed by atoms with E-state index in [9.17, 15) is 0 Å². The molecule has 21 heavy (non-hydrogen) atoms. The van der Waals surface area contributed by atoms with Gasteiger partial charge < -0.3 is 14.0 Å². The fourth-order valence-corrected chi connectivity index (χ4v) is 4.86. The highest BCUT2D eigenvalue weighted by molar-refractivity contribution is 6.63. The lowest BCUT2D eigenvalue weighted by atomic mass is 9.43.